The van der Waals surface area contributed by atoms with Crippen LogP contribution in [0.4, 0.5) is 11.4 Å². The molecule has 0 aromatic heterocycles. The predicted octanol–water partition coefficient (Wildman–Crippen LogP) is 3.61. The minimum absolute atomic E-state index is 0.0109. The Balaban J connectivity index is 1.50. The summed E-state index contributed by atoms with van der Waals surface area (Å²) >= 11 is 0. The van der Waals surface area contributed by atoms with Crippen molar-refractivity contribution in [2.75, 3.05) is 29.9 Å². The molecule has 0 atom stereocenters. The van der Waals surface area contributed by atoms with Crippen molar-refractivity contribution >= 4 is 17.3 Å². The van der Waals surface area contributed by atoms with Gasteiger partial charge in [0.25, 0.3) is 5.91 Å². The van der Waals surface area contributed by atoms with Gasteiger partial charge in [0, 0.05) is 24.5 Å². The van der Waals surface area contributed by atoms with Gasteiger partial charge >= 0.3 is 0 Å². The van der Waals surface area contributed by atoms with Crippen molar-refractivity contribution in [2.24, 2.45) is 0 Å². The number of ether oxygens (including phenoxy) is 1. The number of amides is 1. The molecule has 1 saturated heterocycles. The van der Waals surface area contributed by atoms with E-state index in [0.29, 0.717) is 5.75 Å². The summed E-state index contributed by atoms with van der Waals surface area (Å²) in [7, 11) is 0. The molecule has 4 heteroatoms. The van der Waals surface area contributed by atoms with E-state index in [2.05, 4.69) is 22.3 Å². The highest BCUT2D eigenvalue weighted by atomic mass is 16.5. The second-order valence-electron chi connectivity index (χ2n) is 5.89. The van der Waals surface area contributed by atoms with E-state index >= 15 is 0 Å². The summed E-state index contributed by atoms with van der Waals surface area (Å²) in [6, 6.07) is 15.7. The lowest BCUT2D eigenvalue weighted by Gasteiger charge is -2.17. The molecule has 0 unspecified atom stereocenters. The Morgan fingerprint density at radius 2 is 1.70 bits per heavy atom. The number of hydrogen-bond acceptors (Lipinski definition) is 3. The van der Waals surface area contributed by atoms with Crippen LogP contribution in [0.2, 0.25) is 0 Å². The molecule has 120 valence electrons. The third kappa shape index (κ3) is 4.25. The fourth-order valence-electron chi connectivity index (χ4n) is 2.71. The quantitative estimate of drug-likeness (QED) is 0.917. The van der Waals surface area contributed by atoms with Crippen LogP contribution in [0, 0.1) is 6.92 Å². The van der Waals surface area contributed by atoms with Gasteiger partial charge in [-0.25, -0.2) is 0 Å². The lowest BCUT2D eigenvalue weighted by Crippen LogP contribution is -2.20. The van der Waals surface area contributed by atoms with Crippen LogP contribution in [0.3, 0.4) is 0 Å². The van der Waals surface area contributed by atoms with Crippen molar-refractivity contribution < 1.29 is 9.53 Å². The van der Waals surface area contributed by atoms with Crippen LogP contribution >= 0.6 is 0 Å². The maximum absolute atomic E-state index is 11.9. The highest BCUT2D eigenvalue weighted by molar-refractivity contribution is 5.92. The maximum Gasteiger partial charge on any atom is 0.262 e. The second kappa shape index (κ2) is 7.18. The Morgan fingerprint density at radius 1 is 1.04 bits per heavy atom. The average molecular weight is 310 g/mol. The summed E-state index contributed by atoms with van der Waals surface area (Å²) < 4.78 is 5.48. The Bertz CT molecular complexity index is 644. The Kier molecular flexibility index (Phi) is 4.81. The zero-order valence-corrected chi connectivity index (χ0v) is 13.4. The monoisotopic (exact) mass is 310 g/mol. The van der Waals surface area contributed by atoms with E-state index in [1.807, 2.05) is 43.3 Å². The van der Waals surface area contributed by atoms with Gasteiger partial charge in [0.2, 0.25) is 0 Å². The van der Waals surface area contributed by atoms with Gasteiger partial charge in [0.1, 0.15) is 5.75 Å². The lowest BCUT2D eigenvalue weighted by atomic mass is 10.2. The summed E-state index contributed by atoms with van der Waals surface area (Å²) in [5.41, 5.74) is 3.18. The van der Waals surface area contributed by atoms with E-state index in [1.54, 1.807) is 0 Å². The Morgan fingerprint density at radius 3 is 2.35 bits per heavy atom. The minimum Gasteiger partial charge on any atom is -0.484 e. The lowest BCUT2D eigenvalue weighted by molar-refractivity contribution is -0.118. The number of hydrogen-bond donors (Lipinski definition) is 1. The molecule has 4 nitrogen and oxygen atoms in total. The molecular weight excluding hydrogens is 288 g/mol. The minimum atomic E-state index is -0.153. The van der Waals surface area contributed by atoms with Crippen molar-refractivity contribution in [3.05, 3.63) is 54.1 Å². The molecule has 1 heterocycles. The first-order chi connectivity index (χ1) is 11.2. The first kappa shape index (κ1) is 15.4. The molecule has 0 spiro atoms. The molecule has 23 heavy (non-hydrogen) atoms. The number of carbonyl (C=O) groups is 1. The molecule has 1 N–H and O–H groups in total. The van der Waals surface area contributed by atoms with E-state index in [9.17, 15) is 4.79 Å². The van der Waals surface area contributed by atoms with Crippen LogP contribution in [0.15, 0.2) is 48.5 Å². The molecule has 3 rings (SSSR count). The van der Waals surface area contributed by atoms with E-state index in [1.165, 1.54) is 24.1 Å². The van der Waals surface area contributed by atoms with Crippen molar-refractivity contribution in [3.63, 3.8) is 0 Å². The molecule has 1 aliphatic heterocycles. The Labute approximate surface area is 137 Å². The van der Waals surface area contributed by atoms with Crippen molar-refractivity contribution in [1.82, 2.24) is 0 Å². The standard InChI is InChI=1S/C19H22N2O2/c1-15-4-10-18(11-5-15)23-14-19(22)20-16-6-8-17(9-7-16)21-12-2-3-13-21/h4-11H,2-3,12-14H2,1H3,(H,20,22). The number of anilines is 2. The SMILES string of the molecule is Cc1ccc(OCC(=O)Nc2ccc(N3CCCC3)cc2)cc1. The highest BCUT2D eigenvalue weighted by Crippen LogP contribution is 2.22. The van der Waals surface area contributed by atoms with Crippen LogP contribution < -0.4 is 15.0 Å². The molecule has 0 saturated carbocycles. The van der Waals surface area contributed by atoms with Crippen LogP contribution in [0.25, 0.3) is 0 Å². The zero-order chi connectivity index (χ0) is 16.1. The van der Waals surface area contributed by atoms with E-state index in [-0.39, 0.29) is 12.5 Å². The number of benzene rings is 2. The Hall–Kier alpha value is -2.49. The summed E-state index contributed by atoms with van der Waals surface area (Å²) in [5.74, 6) is 0.551. The molecular formula is C19H22N2O2. The normalized spacial score (nSPS) is 13.9. The molecule has 2 aromatic carbocycles. The fourth-order valence-corrected chi connectivity index (χ4v) is 2.71. The van der Waals surface area contributed by atoms with Gasteiger partial charge < -0.3 is 15.0 Å². The van der Waals surface area contributed by atoms with Crippen LogP contribution in [0.5, 0.6) is 5.75 Å². The molecule has 1 aliphatic rings. The average Bonchev–Trinajstić information content (AvgIpc) is 3.09. The third-order valence-corrected chi connectivity index (χ3v) is 4.01. The number of carbonyl (C=O) groups excluding carboxylic acids is 1. The van der Waals surface area contributed by atoms with Gasteiger partial charge in [-0.1, -0.05) is 17.7 Å². The number of nitrogens with one attached hydrogen (secondary N) is 1. The summed E-state index contributed by atoms with van der Waals surface area (Å²) in [4.78, 5) is 14.3. The molecule has 2 aromatic rings. The summed E-state index contributed by atoms with van der Waals surface area (Å²) in [6.45, 7) is 4.27. The van der Waals surface area contributed by atoms with Crippen LogP contribution in [-0.4, -0.2) is 25.6 Å². The highest BCUT2D eigenvalue weighted by Gasteiger charge is 2.12. The second-order valence-corrected chi connectivity index (χ2v) is 5.89. The summed E-state index contributed by atoms with van der Waals surface area (Å²) in [5, 5.41) is 2.86. The van der Waals surface area contributed by atoms with Gasteiger partial charge in [0.15, 0.2) is 6.61 Å². The fraction of sp³-hybridized carbons (Fsp3) is 0.316. The largest absolute Gasteiger partial charge is 0.484 e. The van der Waals surface area contributed by atoms with Gasteiger partial charge in [-0.2, -0.15) is 0 Å². The van der Waals surface area contributed by atoms with Crippen molar-refractivity contribution in [3.8, 4) is 5.75 Å². The number of nitrogens with zero attached hydrogens (tertiary/aromatic N) is 1. The van der Waals surface area contributed by atoms with Gasteiger partial charge in [0.05, 0.1) is 0 Å². The van der Waals surface area contributed by atoms with Crippen LogP contribution in [0.1, 0.15) is 18.4 Å². The molecule has 0 radical (unpaired) electrons. The molecule has 1 fully saturated rings. The third-order valence-electron chi connectivity index (χ3n) is 4.01. The molecule has 1 amide bonds. The van der Waals surface area contributed by atoms with Gasteiger partial charge in [-0.15, -0.1) is 0 Å². The van der Waals surface area contributed by atoms with E-state index in [0.717, 1.165) is 18.8 Å². The zero-order valence-electron chi connectivity index (χ0n) is 13.4. The van der Waals surface area contributed by atoms with Gasteiger partial charge in [-0.05, 0) is 56.2 Å². The van der Waals surface area contributed by atoms with Crippen molar-refractivity contribution in [1.29, 1.82) is 0 Å². The predicted molar refractivity (Wildman–Crippen MR) is 93.2 cm³/mol. The number of aryl methyl sites for hydroxylation is 1. The number of rotatable bonds is 5. The van der Waals surface area contributed by atoms with Crippen molar-refractivity contribution in [2.45, 2.75) is 19.8 Å². The maximum atomic E-state index is 11.9. The van der Waals surface area contributed by atoms with Gasteiger partial charge in [-0.3, -0.25) is 4.79 Å². The molecule has 0 bridgehead atoms. The topological polar surface area (TPSA) is 41.6 Å². The summed E-state index contributed by atoms with van der Waals surface area (Å²) in [6.07, 6.45) is 2.52. The van der Waals surface area contributed by atoms with Crippen LogP contribution in [-0.2, 0) is 4.79 Å². The first-order valence-electron chi connectivity index (χ1n) is 8.05. The molecule has 0 aliphatic carbocycles. The van der Waals surface area contributed by atoms with E-state index in [4.69, 9.17) is 4.74 Å². The van der Waals surface area contributed by atoms with E-state index < -0.39 is 0 Å². The smallest absolute Gasteiger partial charge is 0.262 e. The first-order valence-corrected chi connectivity index (χ1v) is 8.05.